The van der Waals surface area contributed by atoms with Crippen molar-refractivity contribution in [3.8, 4) is 11.4 Å². The van der Waals surface area contributed by atoms with E-state index in [1.165, 1.54) is 12.8 Å². The smallest absolute Gasteiger partial charge is 0.317 e. The lowest BCUT2D eigenvalue weighted by molar-refractivity contribution is -0.139. The zero-order chi connectivity index (χ0) is 19.7. The Morgan fingerprint density at radius 2 is 1.64 bits per heavy atom. The van der Waals surface area contributed by atoms with E-state index in [1.54, 1.807) is 6.07 Å². The summed E-state index contributed by atoms with van der Waals surface area (Å²) in [5.41, 5.74) is 0.447. The van der Waals surface area contributed by atoms with E-state index in [2.05, 4.69) is 38.6 Å². The van der Waals surface area contributed by atoms with Crippen molar-refractivity contribution < 1.29 is 13.2 Å². The summed E-state index contributed by atoms with van der Waals surface area (Å²) < 4.78 is 40.1. The molecule has 1 aliphatic carbocycles. The van der Waals surface area contributed by atoms with Crippen LogP contribution >= 0.6 is 12.6 Å². The summed E-state index contributed by atoms with van der Waals surface area (Å²) in [4.78, 5) is -0.119. The van der Waals surface area contributed by atoms with Gasteiger partial charge in [0.1, 0.15) is 0 Å². The molecule has 2 aromatic rings. The minimum absolute atomic E-state index is 0.119. The van der Waals surface area contributed by atoms with Crippen LogP contribution in [0.2, 0.25) is 0 Å². The van der Waals surface area contributed by atoms with Crippen LogP contribution in [0.1, 0.15) is 55.6 Å². The molecule has 0 radical (unpaired) electrons. The molecule has 2 aliphatic rings. The van der Waals surface area contributed by atoms with Crippen molar-refractivity contribution in [3.63, 3.8) is 0 Å². The van der Waals surface area contributed by atoms with E-state index in [0.717, 1.165) is 62.2 Å². The Morgan fingerprint density at radius 1 is 0.964 bits per heavy atom. The van der Waals surface area contributed by atoms with Gasteiger partial charge < -0.3 is 5.32 Å². The number of thiol groups is 1. The number of halogens is 3. The van der Waals surface area contributed by atoms with E-state index in [-0.39, 0.29) is 16.6 Å². The van der Waals surface area contributed by atoms with Gasteiger partial charge >= 0.3 is 6.18 Å². The molecule has 0 atom stereocenters. The van der Waals surface area contributed by atoms with Gasteiger partial charge in [0.15, 0.2) is 0 Å². The van der Waals surface area contributed by atoms with Crippen molar-refractivity contribution in [2.45, 2.75) is 55.5 Å². The molecule has 2 fully saturated rings. The number of hydrogen-bond acceptors (Lipinski definition) is 5. The largest absolute Gasteiger partial charge is 0.417 e. The van der Waals surface area contributed by atoms with Gasteiger partial charge in [-0.3, -0.25) is 0 Å². The number of benzene rings is 1. The van der Waals surface area contributed by atoms with E-state index in [9.17, 15) is 13.2 Å². The molecule has 4 rings (SSSR count). The van der Waals surface area contributed by atoms with E-state index in [0.29, 0.717) is 5.56 Å². The normalized spacial score (nSPS) is 24.4. The lowest BCUT2D eigenvalue weighted by Gasteiger charge is -2.36. The highest BCUT2D eigenvalue weighted by Crippen LogP contribution is 2.46. The Balaban J connectivity index is 1.60. The van der Waals surface area contributed by atoms with Crippen molar-refractivity contribution in [1.82, 2.24) is 25.9 Å². The Kier molecular flexibility index (Phi) is 5.64. The van der Waals surface area contributed by atoms with Crippen LogP contribution < -0.4 is 5.32 Å². The van der Waals surface area contributed by atoms with Crippen molar-refractivity contribution in [2.24, 2.45) is 11.8 Å². The van der Waals surface area contributed by atoms with E-state index in [4.69, 9.17) is 0 Å². The van der Waals surface area contributed by atoms with Crippen LogP contribution in [-0.2, 0) is 6.18 Å². The van der Waals surface area contributed by atoms with Gasteiger partial charge in [0, 0.05) is 10.5 Å². The van der Waals surface area contributed by atoms with Crippen LogP contribution in [0.4, 0.5) is 13.2 Å². The number of rotatable bonds is 3. The predicted octanol–water partition coefficient (Wildman–Crippen LogP) is 4.45. The molecule has 9 heteroatoms. The number of aromatic amines is 1. The first kappa shape index (κ1) is 19.7. The number of aromatic nitrogens is 4. The molecule has 0 unspecified atom stereocenters. The van der Waals surface area contributed by atoms with Crippen molar-refractivity contribution in [2.75, 3.05) is 13.1 Å². The minimum atomic E-state index is -4.47. The third kappa shape index (κ3) is 3.91. The van der Waals surface area contributed by atoms with E-state index >= 15 is 0 Å². The second-order valence-electron chi connectivity index (χ2n) is 7.86. The van der Waals surface area contributed by atoms with Crippen molar-refractivity contribution in [3.05, 3.63) is 23.3 Å². The number of tetrazole rings is 1. The summed E-state index contributed by atoms with van der Waals surface area (Å²) in [6, 6.07) is 2.73. The molecule has 28 heavy (non-hydrogen) atoms. The van der Waals surface area contributed by atoms with Crippen LogP contribution in [0, 0.1) is 11.8 Å². The number of hydrogen-bond donors (Lipinski definition) is 3. The fourth-order valence-electron chi connectivity index (χ4n) is 4.90. The van der Waals surface area contributed by atoms with Crippen LogP contribution in [0.25, 0.3) is 11.4 Å². The zero-order valence-electron chi connectivity index (χ0n) is 15.5. The Labute approximate surface area is 167 Å². The van der Waals surface area contributed by atoms with Gasteiger partial charge in [0.2, 0.25) is 5.82 Å². The number of alkyl halides is 3. The molecule has 0 amide bonds. The summed E-state index contributed by atoms with van der Waals surface area (Å²) >= 11 is 4.23. The van der Waals surface area contributed by atoms with Gasteiger partial charge in [-0.2, -0.15) is 18.4 Å². The highest BCUT2D eigenvalue weighted by Gasteiger charge is 2.37. The first-order chi connectivity index (χ1) is 13.4. The third-order valence-electron chi connectivity index (χ3n) is 6.35. The maximum Gasteiger partial charge on any atom is 0.417 e. The topological polar surface area (TPSA) is 66.5 Å². The highest BCUT2D eigenvalue weighted by molar-refractivity contribution is 7.80. The molecule has 2 N–H and O–H groups in total. The number of nitrogens with one attached hydrogen (secondary N) is 2. The van der Waals surface area contributed by atoms with Crippen LogP contribution in [0.3, 0.4) is 0 Å². The number of H-pyrrole nitrogens is 1. The van der Waals surface area contributed by atoms with Gasteiger partial charge in [-0.1, -0.05) is 6.07 Å². The molecular weight excluding hydrogens is 387 g/mol. The van der Waals surface area contributed by atoms with Gasteiger partial charge in [0.25, 0.3) is 0 Å². The molecule has 1 saturated carbocycles. The Bertz CT molecular complexity index is 795. The first-order valence-corrected chi connectivity index (χ1v) is 10.3. The summed E-state index contributed by atoms with van der Waals surface area (Å²) in [5.74, 6) is 1.86. The number of nitrogens with zero attached hydrogens (tertiary/aromatic N) is 3. The second kappa shape index (κ2) is 8.02. The molecule has 2 heterocycles. The average molecular weight is 411 g/mol. The molecule has 1 aromatic carbocycles. The lowest BCUT2D eigenvalue weighted by atomic mass is 9.71. The summed E-state index contributed by atoms with van der Waals surface area (Å²) in [6.07, 6.45) is 2.15. The fourth-order valence-corrected chi connectivity index (χ4v) is 5.33. The SMILES string of the molecule is FC(F)(F)c1ccc(C2CCC(C3CCNCC3)CC2)c(-c2nn[nH]n2)c1S. The van der Waals surface area contributed by atoms with Gasteiger partial charge in [-0.05, 0) is 86.2 Å². The quantitative estimate of drug-likeness (QED) is 0.653. The van der Waals surface area contributed by atoms with Crippen molar-refractivity contribution in [1.29, 1.82) is 0 Å². The lowest BCUT2D eigenvalue weighted by Crippen LogP contribution is -2.33. The molecule has 0 spiro atoms. The summed E-state index contributed by atoms with van der Waals surface area (Å²) in [7, 11) is 0. The summed E-state index contributed by atoms with van der Waals surface area (Å²) in [6.45, 7) is 2.18. The second-order valence-corrected chi connectivity index (χ2v) is 8.31. The Hall–Kier alpha value is -1.61. The maximum absolute atomic E-state index is 13.4. The zero-order valence-corrected chi connectivity index (χ0v) is 16.4. The fraction of sp³-hybridized carbons (Fsp3) is 0.632. The monoisotopic (exact) mass is 411 g/mol. The summed E-state index contributed by atoms with van der Waals surface area (Å²) in [5, 5.41) is 17.2. The minimum Gasteiger partial charge on any atom is -0.317 e. The first-order valence-electron chi connectivity index (χ1n) is 9.82. The van der Waals surface area contributed by atoms with E-state index < -0.39 is 11.7 Å². The third-order valence-corrected chi connectivity index (χ3v) is 6.81. The average Bonchev–Trinajstić information content (AvgIpc) is 3.22. The van der Waals surface area contributed by atoms with Crippen molar-refractivity contribution >= 4 is 12.6 Å². The molecule has 1 saturated heterocycles. The van der Waals surface area contributed by atoms with Gasteiger partial charge in [-0.25, -0.2) is 0 Å². The molecule has 5 nitrogen and oxygen atoms in total. The number of piperidine rings is 1. The predicted molar refractivity (Wildman–Crippen MR) is 102 cm³/mol. The molecule has 1 aromatic heterocycles. The van der Waals surface area contributed by atoms with Crippen LogP contribution in [-0.4, -0.2) is 33.7 Å². The Morgan fingerprint density at radius 3 is 2.25 bits per heavy atom. The molecule has 152 valence electrons. The molecule has 0 bridgehead atoms. The van der Waals surface area contributed by atoms with Crippen LogP contribution in [0.5, 0.6) is 0 Å². The van der Waals surface area contributed by atoms with Gasteiger partial charge in [-0.15, -0.1) is 22.8 Å². The molecular formula is C19H24F3N5S. The maximum atomic E-state index is 13.4. The van der Waals surface area contributed by atoms with Crippen LogP contribution in [0.15, 0.2) is 17.0 Å². The molecule has 1 aliphatic heterocycles. The van der Waals surface area contributed by atoms with Gasteiger partial charge in [0.05, 0.1) is 5.56 Å². The van der Waals surface area contributed by atoms with E-state index in [1.807, 2.05) is 0 Å². The standard InChI is InChI=1S/C19H24F3N5S/c20-19(21,22)15-6-5-14(16(17(15)28)18-24-26-27-25-18)13-3-1-11(2-4-13)12-7-9-23-10-8-12/h5-6,11-13,23,28H,1-4,7-10H2,(H,24,25,26,27). The highest BCUT2D eigenvalue weighted by atomic mass is 32.1.